The zero-order valence-corrected chi connectivity index (χ0v) is 13.5. The number of halogens is 3. The standard InChI is InChI=1S/C17H16F3NO4/c1-8-12(15(22)23)14(13(16(24)25)9(2)21-8)11-6-4-3-5-10(11)7-17(18,19)20/h3-6,12,14H,7H2,1-2H3,(H,22,23)(H,24,25). The maximum absolute atomic E-state index is 12.9. The van der Waals surface area contributed by atoms with Crippen LogP contribution in [0.3, 0.4) is 0 Å². The Morgan fingerprint density at radius 2 is 1.76 bits per heavy atom. The summed E-state index contributed by atoms with van der Waals surface area (Å²) in [6.07, 6.45) is -5.77. The number of aliphatic imine (C=N–C) groups is 1. The zero-order valence-electron chi connectivity index (χ0n) is 13.5. The number of allylic oxidation sites excluding steroid dienone is 1. The fourth-order valence-electron chi connectivity index (χ4n) is 3.19. The number of carboxylic acids is 2. The number of carboxylic acid groups (broad SMARTS) is 2. The third-order valence-electron chi connectivity index (χ3n) is 4.11. The highest BCUT2D eigenvalue weighted by molar-refractivity contribution is 6.06. The molecule has 5 nitrogen and oxygen atoms in total. The van der Waals surface area contributed by atoms with Gasteiger partial charge in [0, 0.05) is 17.3 Å². The summed E-state index contributed by atoms with van der Waals surface area (Å²) in [4.78, 5) is 27.4. The van der Waals surface area contributed by atoms with E-state index < -0.39 is 36.4 Å². The molecule has 2 rings (SSSR count). The first kappa shape index (κ1) is 18.7. The van der Waals surface area contributed by atoms with Crippen LogP contribution >= 0.6 is 0 Å². The number of carbonyl (C=O) groups is 2. The summed E-state index contributed by atoms with van der Waals surface area (Å²) in [6.45, 7) is 2.84. The summed E-state index contributed by atoms with van der Waals surface area (Å²) >= 11 is 0. The second-order valence-electron chi connectivity index (χ2n) is 5.84. The molecule has 0 amide bonds. The predicted molar refractivity (Wildman–Crippen MR) is 83.5 cm³/mol. The maximum atomic E-state index is 12.9. The van der Waals surface area contributed by atoms with Crippen molar-refractivity contribution in [2.45, 2.75) is 32.4 Å². The van der Waals surface area contributed by atoms with Crippen molar-refractivity contribution in [2.24, 2.45) is 10.9 Å². The lowest BCUT2D eigenvalue weighted by Crippen LogP contribution is -2.35. The Bertz CT molecular complexity index is 780. The van der Waals surface area contributed by atoms with Gasteiger partial charge in [0.05, 0.1) is 12.0 Å². The maximum Gasteiger partial charge on any atom is 0.393 e. The molecule has 1 heterocycles. The largest absolute Gasteiger partial charge is 0.481 e. The summed E-state index contributed by atoms with van der Waals surface area (Å²) in [7, 11) is 0. The topological polar surface area (TPSA) is 87.0 Å². The van der Waals surface area contributed by atoms with Crippen LogP contribution < -0.4 is 0 Å². The van der Waals surface area contributed by atoms with Gasteiger partial charge in [-0.2, -0.15) is 13.2 Å². The molecule has 134 valence electrons. The van der Waals surface area contributed by atoms with Crippen LogP contribution in [0.2, 0.25) is 0 Å². The van der Waals surface area contributed by atoms with Gasteiger partial charge in [0.2, 0.25) is 0 Å². The minimum absolute atomic E-state index is 0.0400. The highest BCUT2D eigenvalue weighted by Gasteiger charge is 2.42. The monoisotopic (exact) mass is 355 g/mol. The quantitative estimate of drug-likeness (QED) is 0.866. The summed E-state index contributed by atoms with van der Waals surface area (Å²) < 4.78 is 38.7. The average Bonchev–Trinajstić information content (AvgIpc) is 2.44. The Kier molecular flexibility index (Phi) is 5.01. The molecule has 2 N–H and O–H groups in total. The van der Waals surface area contributed by atoms with Crippen LogP contribution in [-0.4, -0.2) is 34.0 Å². The Morgan fingerprint density at radius 3 is 2.28 bits per heavy atom. The zero-order chi connectivity index (χ0) is 18.9. The van der Waals surface area contributed by atoms with Crippen LogP contribution in [-0.2, 0) is 16.0 Å². The van der Waals surface area contributed by atoms with E-state index in [9.17, 15) is 33.0 Å². The second-order valence-corrected chi connectivity index (χ2v) is 5.84. The molecular formula is C17H16F3NO4. The van der Waals surface area contributed by atoms with Gasteiger partial charge in [-0.15, -0.1) is 0 Å². The molecule has 0 fully saturated rings. The second kappa shape index (κ2) is 6.70. The molecule has 0 saturated carbocycles. The van der Waals surface area contributed by atoms with Crippen LogP contribution in [0.25, 0.3) is 0 Å². The lowest BCUT2D eigenvalue weighted by atomic mass is 9.74. The SMILES string of the molecule is CC1=NC(C)=C(C(=O)O)C(c2ccccc2CC(F)(F)F)C1C(=O)O. The molecule has 1 aromatic rings. The number of hydrogen-bond acceptors (Lipinski definition) is 3. The molecule has 0 spiro atoms. The van der Waals surface area contributed by atoms with E-state index >= 15 is 0 Å². The molecule has 0 aromatic heterocycles. The van der Waals surface area contributed by atoms with Crippen molar-refractivity contribution in [1.29, 1.82) is 0 Å². The van der Waals surface area contributed by atoms with Gasteiger partial charge in [-0.1, -0.05) is 24.3 Å². The van der Waals surface area contributed by atoms with Crippen molar-refractivity contribution >= 4 is 17.7 Å². The van der Waals surface area contributed by atoms with Crippen LogP contribution in [0.4, 0.5) is 13.2 Å². The molecule has 1 aromatic carbocycles. The van der Waals surface area contributed by atoms with Gasteiger partial charge in [-0.3, -0.25) is 9.79 Å². The van der Waals surface area contributed by atoms with Crippen LogP contribution in [0.15, 0.2) is 40.5 Å². The molecule has 0 radical (unpaired) electrons. The van der Waals surface area contributed by atoms with Crippen LogP contribution in [0, 0.1) is 5.92 Å². The van der Waals surface area contributed by atoms with E-state index in [4.69, 9.17) is 0 Å². The average molecular weight is 355 g/mol. The predicted octanol–water partition coefficient (Wildman–Crippen LogP) is 3.41. The van der Waals surface area contributed by atoms with Gasteiger partial charge in [-0.05, 0) is 25.0 Å². The molecule has 1 aliphatic heterocycles. The third kappa shape index (κ3) is 3.89. The van der Waals surface area contributed by atoms with Gasteiger partial charge in [0.1, 0.15) is 5.92 Å². The lowest BCUT2D eigenvalue weighted by Gasteiger charge is -2.31. The van der Waals surface area contributed by atoms with Crippen molar-refractivity contribution in [2.75, 3.05) is 0 Å². The number of rotatable bonds is 4. The highest BCUT2D eigenvalue weighted by atomic mass is 19.4. The molecule has 2 unspecified atom stereocenters. The highest BCUT2D eigenvalue weighted by Crippen LogP contribution is 2.41. The number of benzene rings is 1. The third-order valence-corrected chi connectivity index (χ3v) is 4.11. The van der Waals surface area contributed by atoms with Crippen molar-refractivity contribution in [3.63, 3.8) is 0 Å². The number of hydrogen-bond donors (Lipinski definition) is 2. The van der Waals surface area contributed by atoms with E-state index in [0.29, 0.717) is 0 Å². The summed E-state index contributed by atoms with van der Waals surface area (Å²) in [6, 6.07) is 5.44. The van der Waals surface area contributed by atoms with Crippen molar-refractivity contribution in [1.82, 2.24) is 0 Å². The fraction of sp³-hybridized carbons (Fsp3) is 0.353. The molecule has 1 aliphatic rings. The van der Waals surface area contributed by atoms with E-state index in [-0.39, 0.29) is 28.1 Å². The van der Waals surface area contributed by atoms with Crippen molar-refractivity contribution < 1.29 is 33.0 Å². The lowest BCUT2D eigenvalue weighted by molar-refractivity contribution is -0.140. The smallest absolute Gasteiger partial charge is 0.393 e. The number of aliphatic carboxylic acids is 2. The van der Waals surface area contributed by atoms with E-state index in [1.165, 1.54) is 38.1 Å². The summed E-state index contributed by atoms with van der Waals surface area (Å²) in [5.74, 6) is -5.32. The summed E-state index contributed by atoms with van der Waals surface area (Å²) in [5, 5.41) is 19.0. The molecular weight excluding hydrogens is 339 g/mol. The Morgan fingerprint density at radius 1 is 1.16 bits per heavy atom. The first-order valence-corrected chi connectivity index (χ1v) is 7.39. The van der Waals surface area contributed by atoms with Gasteiger partial charge >= 0.3 is 18.1 Å². The summed E-state index contributed by atoms with van der Waals surface area (Å²) in [5.41, 5.74) is -0.158. The number of nitrogens with zero attached hydrogens (tertiary/aromatic N) is 1. The molecule has 0 aliphatic carbocycles. The molecule has 8 heteroatoms. The van der Waals surface area contributed by atoms with Gasteiger partial charge in [0.15, 0.2) is 0 Å². The van der Waals surface area contributed by atoms with E-state index in [2.05, 4.69) is 4.99 Å². The molecule has 25 heavy (non-hydrogen) atoms. The Labute approximate surface area is 141 Å². The van der Waals surface area contributed by atoms with E-state index in [1.807, 2.05) is 0 Å². The Hall–Kier alpha value is -2.64. The van der Waals surface area contributed by atoms with Crippen molar-refractivity contribution in [3.8, 4) is 0 Å². The Balaban J connectivity index is 2.70. The van der Waals surface area contributed by atoms with Gasteiger partial charge < -0.3 is 10.2 Å². The molecule has 0 saturated heterocycles. The van der Waals surface area contributed by atoms with Crippen LogP contribution in [0.1, 0.15) is 30.9 Å². The fourth-order valence-corrected chi connectivity index (χ4v) is 3.19. The first-order chi connectivity index (χ1) is 11.5. The molecule has 2 atom stereocenters. The van der Waals surface area contributed by atoms with Gasteiger partial charge in [0.25, 0.3) is 0 Å². The van der Waals surface area contributed by atoms with Crippen molar-refractivity contribution in [3.05, 3.63) is 46.7 Å². The minimum Gasteiger partial charge on any atom is -0.481 e. The van der Waals surface area contributed by atoms with E-state index in [0.717, 1.165) is 0 Å². The van der Waals surface area contributed by atoms with Gasteiger partial charge in [-0.25, -0.2) is 4.79 Å². The first-order valence-electron chi connectivity index (χ1n) is 7.39. The molecule has 0 bridgehead atoms. The number of alkyl halides is 3. The van der Waals surface area contributed by atoms with E-state index in [1.54, 1.807) is 0 Å². The van der Waals surface area contributed by atoms with Crippen LogP contribution in [0.5, 0.6) is 0 Å². The normalized spacial score (nSPS) is 21.1. The minimum atomic E-state index is -4.51.